The maximum Gasteiger partial charge on any atom is 0.277 e. The summed E-state index contributed by atoms with van der Waals surface area (Å²) in [5, 5.41) is 4.28. The molecule has 0 saturated carbocycles. The van der Waals surface area contributed by atoms with E-state index in [0.29, 0.717) is 32.4 Å². The third kappa shape index (κ3) is 7.32. The number of hydrogen-bond acceptors (Lipinski definition) is 7. The van der Waals surface area contributed by atoms with Gasteiger partial charge in [0, 0.05) is 11.5 Å². The summed E-state index contributed by atoms with van der Waals surface area (Å²) >= 11 is 10.3. The molecule has 0 bridgehead atoms. The number of thioether (sulfide) groups is 2. The highest BCUT2D eigenvalue weighted by molar-refractivity contribution is 8.19. The van der Waals surface area contributed by atoms with Crippen molar-refractivity contribution in [3.63, 3.8) is 0 Å². The number of nitrogens with zero attached hydrogens (tertiary/aromatic N) is 1. The SMILES string of the molecule is COc1cc(/C=N\NC(=O)COc2ccc(C3SCCS3)cc2)cc(Cl)c1OCc1ccc(F)cc1. The Balaban J connectivity index is 1.28. The van der Waals surface area contributed by atoms with Gasteiger partial charge in [-0.25, -0.2) is 9.82 Å². The number of carbonyl (C=O) groups excluding carboxylic acids is 1. The molecule has 0 aliphatic carbocycles. The number of hydrazone groups is 1. The zero-order valence-electron chi connectivity index (χ0n) is 19.4. The fourth-order valence-electron chi connectivity index (χ4n) is 3.32. The van der Waals surface area contributed by atoms with E-state index in [1.54, 1.807) is 24.3 Å². The maximum atomic E-state index is 13.1. The molecule has 0 spiro atoms. The van der Waals surface area contributed by atoms with Crippen LogP contribution in [0.3, 0.4) is 0 Å². The molecule has 1 fully saturated rings. The van der Waals surface area contributed by atoms with E-state index in [2.05, 4.69) is 10.5 Å². The molecular weight excluding hydrogens is 523 g/mol. The van der Waals surface area contributed by atoms with E-state index in [0.717, 1.165) is 5.56 Å². The molecule has 1 amide bonds. The summed E-state index contributed by atoms with van der Waals surface area (Å²) in [6.07, 6.45) is 1.45. The molecular formula is C26H24ClFN2O4S2. The summed E-state index contributed by atoms with van der Waals surface area (Å²) in [5.74, 6) is 3.01. The van der Waals surface area contributed by atoms with Crippen molar-refractivity contribution in [2.75, 3.05) is 25.2 Å². The molecule has 1 heterocycles. The van der Waals surface area contributed by atoms with Gasteiger partial charge in [0.15, 0.2) is 18.1 Å². The Morgan fingerprint density at radius 3 is 2.53 bits per heavy atom. The minimum absolute atomic E-state index is 0.163. The van der Waals surface area contributed by atoms with Crippen molar-refractivity contribution >= 4 is 47.2 Å². The molecule has 1 N–H and O–H groups in total. The van der Waals surface area contributed by atoms with E-state index in [9.17, 15) is 9.18 Å². The molecule has 6 nitrogen and oxygen atoms in total. The molecule has 188 valence electrons. The van der Waals surface area contributed by atoms with Crippen LogP contribution in [0.15, 0.2) is 65.8 Å². The van der Waals surface area contributed by atoms with Gasteiger partial charge in [0.1, 0.15) is 18.2 Å². The highest BCUT2D eigenvalue weighted by Gasteiger charge is 2.18. The average molecular weight is 547 g/mol. The first-order valence-corrected chi connectivity index (χ1v) is 13.5. The van der Waals surface area contributed by atoms with Gasteiger partial charge in [-0.3, -0.25) is 4.79 Å². The third-order valence-electron chi connectivity index (χ3n) is 5.10. The summed E-state index contributed by atoms with van der Waals surface area (Å²) in [4.78, 5) is 12.1. The van der Waals surface area contributed by atoms with Gasteiger partial charge in [-0.1, -0.05) is 35.9 Å². The van der Waals surface area contributed by atoms with Crippen molar-refractivity contribution in [3.05, 3.63) is 88.2 Å². The number of methoxy groups -OCH3 is 1. The van der Waals surface area contributed by atoms with Gasteiger partial charge in [-0.2, -0.15) is 5.10 Å². The Morgan fingerprint density at radius 1 is 1.11 bits per heavy atom. The molecule has 0 radical (unpaired) electrons. The van der Waals surface area contributed by atoms with Crippen LogP contribution in [0.2, 0.25) is 5.02 Å². The summed E-state index contributed by atoms with van der Waals surface area (Å²) in [5.41, 5.74) is 5.08. The fourth-order valence-corrected chi connectivity index (χ4v) is 6.46. The van der Waals surface area contributed by atoms with Gasteiger partial charge in [0.05, 0.1) is 22.9 Å². The van der Waals surface area contributed by atoms with Crippen molar-refractivity contribution in [1.29, 1.82) is 0 Å². The van der Waals surface area contributed by atoms with Gasteiger partial charge in [0.2, 0.25) is 0 Å². The van der Waals surface area contributed by atoms with Crippen LogP contribution in [0, 0.1) is 5.82 Å². The van der Waals surface area contributed by atoms with E-state index >= 15 is 0 Å². The Hall–Kier alpha value is -2.88. The van der Waals surface area contributed by atoms with Crippen molar-refractivity contribution in [2.24, 2.45) is 5.10 Å². The molecule has 3 aromatic carbocycles. The highest BCUT2D eigenvalue weighted by atomic mass is 35.5. The second-order valence-corrected chi connectivity index (χ2v) is 10.8. The highest BCUT2D eigenvalue weighted by Crippen LogP contribution is 2.45. The smallest absolute Gasteiger partial charge is 0.277 e. The molecule has 1 aliphatic heterocycles. The van der Waals surface area contributed by atoms with E-state index in [-0.39, 0.29) is 19.0 Å². The molecule has 4 rings (SSSR count). The van der Waals surface area contributed by atoms with Crippen LogP contribution < -0.4 is 19.6 Å². The van der Waals surface area contributed by atoms with Crippen molar-refractivity contribution < 1.29 is 23.4 Å². The number of carbonyl (C=O) groups is 1. The zero-order valence-corrected chi connectivity index (χ0v) is 21.8. The number of amides is 1. The zero-order chi connectivity index (χ0) is 25.3. The van der Waals surface area contributed by atoms with Gasteiger partial charge >= 0.3 is 0 Å². The monoisotopic (exact) mass is 546 g/mol. The standard InChI is InChI=1S/C26H24ClFN2O4S2/c1-32-23-13-18(12-22(27)25(23)34-15-17-2-6-20(28)7-3-17)14-29-30-24(31)16-33-21-8-4-19(5-9-21)26-35-10-11-36-26/h2-9,12-14,26H,10-11,15-16H2,1H3,(H,30,31)/b29-14-. The first kappa shape index (κ1) is 26.2. The maximum absolute atomic E-state index is 13.1. The van der Waals surface area contributed by atoms with Crippen molar-refractivity contribution in [3.8, 4) is 17.2 Å². The van der Waals surface area contributed by atoms with Crippen LogP contribution in [0.25, 0.3) is 0 Å². The van der Waals surface area contributed by atoms with Crippen LogP contribution >= 0.6 is 35.1 Å². The van der Waals surface area contributed by atoms with Crippen LogP contribution in [-0.2, 0) is 11.4 Å². The van der Waals surface area contributed by atoms with Crippen LogP contribution in [0.1, 0.15) is 21.3 Å². The molecule has 1 aliphatic rings. The van der Waals surface area contributed by atoms with Gasteiger partial charge in [0.25, 0.3) is 5.91 Å². The van der Waals surface area contributed by atoms with Gasteiger partial charge < -0.3 is 14.2 Å². The minimum atomic E-state index is -0.394. The lowest BCUT2D eigenvalue weighted by atomic mass is 10.2. The Bertz CT molecular complexity index is 1200. The number of halogens is 2. The van der Waals surface area contributed by atoms with E-state index in [1.807, 2.05) is 47.8 Å². The molecule has 1 saturated heterocycles. The van der Waals surface area contributed by atoms with Crippen LogP contribution in [0.4, 0.5) is 4.39 Å². The average Bonchev–Trinajstić information content (AvgIpc) is 3.43. The summed E-state index contributed by atoms with van der Waals surface area (Å²) in [6, 6.07) is 17.1. The molecule has 36 heavy (non-hydrogen) atoms. The van der Waals surface area contributed by atoms with Gasteiger partial charge in [-0.15, -0.1) is 23.5 Å². The van der Waals surface area contributed by atoms with Gasteiger partial charge in [-0.05, 0) is 53.1 Å². The second kappa shape index (κ2) is 12.9. The number of nitrogens with one attached hydrogen (secondary N) is 1. The van der Waals surface area contributed by atoms with Crippen LogP contribution in [-0.4, -0.2) is 37.3 Å². The van der Waals surface area contributed by atoms with E-state index in [1.165, 1.54) is 42.5 Å². The van der Waals surface area contributed by atoms with Crippen molar-refractivity contribution in [1.82, 2.24) is 5.43 Å². The van der Waals surface area contributed by atoms with Crippen molar-refractivity contribution in [2.45, 2.75) is 11.2 Å². The lowest BCUT2D eigenvalue weighted by Crippen LogP contribution is -2.24. The fraction of sp³-hybridized carbons (Fsp3) is 0.231. The molecule has 0 atom stereocenters. The Kier molecular flexibility index (Phi) is 9.38. The molecule has 10 heteroatoms. The molecule has 0 unspecified atom stereocenters. The minimum Gasteiger partial charge on any atom is -0.493 e. The number of benzene rings is 3. The van der Waals surface area contributed by atoms with Crippen LogP contribution in [0.5, 0.6) is 17.2 Å². The topological polar surface area (TPSA) is 69.2 Å². The largest absolute Gasteiger partial charge is 0.493 e. The number of rotatable bonds is 10. The van der Waals surface area contributed by atoms with E-state index < -0.39 is 5.91 Å². The predicted octanol–water partition coefficient (Wildman–Crippen LogP) is 6.07. The summed E-state index contributed by atoms with van der Waals surface area (Å²) in [6.45, 7) is 0.0327. The Morgan fingerprint density at radius 2 is 1.83 bits per heavy atom. The summed E-state index contributed by atoms with van der Waals surface area (Å²) < 4.78 is 30.3. The predicted molar refractivity (Wildman–Crippen MR) is 144 cm³/mol. The number of hydrogen-bond donors (Lipinski definition) is 1. The molecule has 3 aromatic rings. The van der Waals surface area contributed by atoms with E-state index in [4.69, 9.17) is 25.8 Å². The lowest BCUT2D eigenvalue weighted by molar-refractivity contribution is -0.123. The lowest BCUT2D eigenvalue weighted by Gasteiger charge is -2.13. The number of ether oxygens (including phenoxy) is 3. The first-order valence-electron chi connectivity index (χ1n) is 11.0. The quantitative estimate of drug-likeness (QED) is 0.246. The third-order valence-corrected chi connectivity index (χ3v) is 8.48. The summed E-state index contributed by atoms with van der Waals surface area (Å²) in [7, 11) is 1.49. The first-order chi connectivity index (χ1) is 17.5. The Labute approximate surface area is 222 Å². The normalized spacial score (nSPS) is 13.6. The second-order valence-electron chi connectivity index (χ2n) is 7.67. The molecule has 0 aromatic heterocycles.